The minimum Gasteiger partial charge on any atom is -0.278 e. The Kier molecular flexibility index (Phi) is 4.16. The summed E-state index contributed by atoms with van der Waals surface area (Å²) in [7, 11) is -3.66. The molecule has 0 fully saturated rings. The first kappa shape index (κ1) is 14.2. The van der Waals surface area contributed by atoms with E-state index in [4.69, 9.17) is 5.14 Å². The second-order valence-corrected chi connectivity index (χ2v) is 5.81. The number of primary sulfonamides is 1. The van der Waals surface area contributed by atoms with Crippen molar-refractivity contribution >= 4 is 21.4 Å². The number of hydrogen-bond acceptors (Lipinski definition) is 4. The van der Waals surface area contributed by atoms with E-state index in [-0.39, 0.29) is 4.90 Å². The molecule has 0 radical (unpaired) electrons. The van der Waals surface area contributed by atoms with Gasteiger partial charge in [-0.25, -0.2) is 13.6 Å². The van der Waals surface area contributed by atoms with Crippen LogP contribution in [0.1, 0.15) is 12.5 Å². The van der Waals surface area contributed by atoms with Gasteiger partial charge in [0.15, 0.2) is 0 Å². The molecule has 2 aromatic carbocycles. The van der Waals surface area contributed by atoms with Crippen molar-refractivity contribution in [1.29, 1.82) is 0 Å². The number of nitrogens with one attached hydrogen (secondary N) is 1. The highest BCUT2D eigenvalue weighted by molar-refractivity contribution is 7.89. The van der Waals surface area contributed by atoms with E-state index in [0.29, 0.717) is 5.69 Å². The van der Waals surface area contributed by atoms with Crippen LogP contribution in [-0.2, 0) is 10.0 Å². The van der Waals surface area contributed by atoms with Crippen molar-refractivity contribution in [1.82, 2.24) is 0 Å². The molecule has 0 saturated heterocycles. The Morgan fingerprint density at radius 1 is 1.05 bits per heavy atom. The van der Waals surface area contributed by atoms with Gasteiger partial charge in [0.05, 0.1) is 16.3 Å². The van der Waals surface area contributed by atoms with E-state index in [1.54, 1.807) is 12.1 Å². The minimum absolute atomic E-state index is 0.0758. The Balaban J connectivity index is 2.12. The van der Waals surface area contributed by atoms with Crippen LogP contribution in [0, 0.1) is 0 Å². The molecule has 3 N–H and O–H groups in total. The highest BCUT2D eigenvalue weighted by atomic mass is 32.2. The van der Waals surface area contributed by atoms with Gasteiger partial charge in [-0.05, 0) is 36.8 Å². The highest BCUT2D eigenvalue weighted by Gasteiger charge is 2.06. The van der Waals surface area contributed by atoms with Gasteiger partial charge in [-0.15, -0.1) is 0 Å². The Morgan fingerprint density at radius 3 is 2.20 bits per heavy atom. The monoisotopic (exact) mass is 289 g/mol. The average molecular weight is 289 g/mol. The predicted molar refractivity (Wildman–Crippen MR) is 80.1 cm³/mol. The maximum atomic E-state index is 11.1. The lowest BCUT2D eigenvalue weighted by Gasteiger charge is -2.04. The topological polar surface area (TPSA) is 84.5 Å². The van der Waals surface area contributed by atoms with Crippen molar-refractivity contribution in [3.63, 3.8) is 0 Å². The van der Waals surface area contributed by atoms with Crippen LogP contribution < -0.4 is 10.6 Å². The van der Waals surface area contributed by atoms with Crippen LogP contribution in [0.5, 0.6) is 0 Å². The van der Waals surface area contributed by atoms with Gasteiger partial charge in [0.1, 0.15) is 0 Å². The molecule has 104 valence electrons. The second-order valence-electron chi connectivity index (χ2n) is 4.24. The average Bonchev–Trinajstić information content (AvgIpc) is 2.45. The van der Waals surface area contributed by atoms with Gasteiger partial charge in [-0.3, -0.25) is 5.43 Å². The van der Waals surface area contributed by atoms with E-state index in [2.05, 4.69) is 10.5 Å². The third kappa shape index (κ3) is 3.66. The van der Waals surface area contributed by atoms with Gasteiger partial charge < -0.3 is 0 Å². The van der Waals surface area contributed by atoms with E-state index < -0.39 is 10.0 Å². The largest absolute Gasteiger partial charge is 0.278 e. The van der Waals surface area contributed by atoms with Crippen molar-refractivity contribution in [3.05, 3.63) is 60.2 Å². The number of rotatable bonds is 4. The van der Waals surface area contributed by atoms with Gasteiger partial charge in [0.25, 0.3) is 0 Å². The van der Waals surface area contributed by atoms with Crippen LogP contribution in [0.3, 0.4) is 0 Å². The number of nitrogens with two attached hydrogens (primary N) is 1. The molecule has 0 atom stereocenters. The molecule has 2 aromatic rings. The van der Waals surface area contributed by atoms with Crippen LogP contribution in [0.2, 0.25) is 0 Å². The normalized spacial score (nSPS) is 12.2. The summed E-state index contributed by atoms with van der Waals surface area (Å²) in [5.74, 6) is 0. The summed E-state index contributed by atoms with van der Waals surface area (Å²) in [6, 6.07) is 15.8. The predicted octanol–water partition coefficient (Wildman–Crippen LogP) is 2.17. The van der Waals surface area contributed by atoms with Crippen molar-refractivity contribution in [2.24, 2.45) is 10.2 Å². The summed E-state index contributed by atoms with van der Waals surface area (Å²) in [5.41, 5.74) is 5.41. The van der Waals surface area contributed by atoms with Crippen LogP contribution >= 0.6 is 0 Å². The van der Waals surface area contributed by atoms with E-state index in [0.717, 1.165) is 11.3 Å². The molecule has 5 nitrogen and oxygen atoms in total. The zero-order valence-corrected chi connectivity index (χ0v) is 11.8. The van der Waals surface area contributed by atoms with E-state index in [9.17, 15) is 8.42 Å². The molecular weight excluding hydrogens is 274 g/mol. The number of hydrogen-bond donors (Lipinski definition) is 2. The number of anilines is 1. The van der Waals surface area contributed by atoms with Crippen LogP contribution in [0.15, 0.2) is 64.6 Å². The fourth-order valence-corrected chi connectivity index (χ4v) is 2.13. The third-order valence-corrected chi connectivity index (χ3v) is 3.66. The first-order valence-corrected chi connectivity index (χ1v) is 7.50. The quantitative estimate of drug-likeness (QED) is 0.668. The molecule has 0 aliphatic heterocycles. The Morgan fingerprint density at radius 2 is 1.65 bits per heavy atom. The molecule has 6 heteroatoms. The van der Waals surface area contributed by atoms with Crippen LogP contribution in [0.4, 0.5) is 5.69 Å². The molecule has 0 saturated carbocycles. The number of sulfonamides is 1. The number of nitrogens with zero attached hydrogens (tertiary/aromatic N) is 1. The molecule has 20 heavy (non-hydrogen) atoms. The first-order chi connectivity index (χ1) is 9.47. The van der Waals surface area contributed by atoms with Gasteiger partial charge in [0.2, 0.25) is 10.0 Å². The van der Waals surface area contributed by atoms with Crippen molar-refractivity contribution in [3.8, 4) is 0 Å². The molecule has 0 unspecified atom stereocenters. The van der Waals surface area contributed by atoms with Crippen molar-refractivity contribution in [2.45, 2.75) is 11.8 Å². The summed E-state index contributed by atoms with van der Waals surface area (Å²) in [4.78, 5) is 0.0758. The SMILES string of the molecule is C/C(=N\Nc1ccc(S(N)(=O)=O)cc1)c1ccccc1. The maximum Gasteiger partial charge on any atom is 0.238 e. The van der Waals surface area contributed by atoms with Crippen LogP contribution in [-0.4, -0.2) is 14.1 Å². The molecule has 0 aromatic heterocycles. The highest BCUT2D eigenvalue weighted by Crippen LogP contribution is 2.13. The van der Waals surface area contributed by atoms with Crippen molar-refractivity contribution in [2.75, 3.05) is 5.43 Å². The standard InChI is InChI=1S/C14H15N3O2S/c1-11(12-5-3-2-4-6-12)16-17-13-7-9-14(10-8-13)20(15,18)19/h2-10,17H,1H3,(H2,15,18,19)/b16-11+. The summed E-state index contributed by atoms with van der Waals surface area (Å²) in [6.45, 7) is 1.89. The third-order valence-electron chi connectivity index (χ3n) is 2.73. The summed E-state index contributed by atoms with van der Waals surface area (Å²) < 4.78 is 22.3. The number of benzene rings is 2. The maximum absolute atomic E-state index is 11.1. The van der Waals surface area contributed by atoms with Crippen LogP contribution in [0.25, 0.3) is 0 Å². The molecule has 0 aliphatic carbocycles. The van der Waals surface area contributed by atoms with Gasteiger partial charge in [0, 0.05) is 0 Å². The fraction of sp³-hybridized carbons (Fsp3) is 0.0714. The Bertz CT molecular complexity index is 708. The van der Waals surface area contributed by atoms with Gasteiger partial charge in [-0.2, -0.15) is 5.10 Å². The van der Waals surface area contributed by atoms with Gasteiger partial charge >= 0.3 is 0 Å². The molecule has 0 bridgehead atoms. The zero-order valence-electron chi connectivity index (χ0n) is 10.9. The first-order valence-electron chi connectivity index (χ1n) is 5.95. The molecular formula is C14H15N3O2S. The fourth-order valence-electron chi connectivity index (χ4n) is 1.61. The lowest BCUT2D eigenvalue weighted by Crippen LogP contribution is -2.11. The summed E-state index contributed by atoms with van der Waals surface area (Å²) in [5, 5.41) is 9.27. The molecule has 0 heterocycles. The second kappa shape index (κ2) is 5.85. The zero-order chi connectivity index (χ0) is 14.6. The number of hydrazone groups is 1. The Hall–Kier alpha value is -2.18. The summed E-state index contributed by atoms with van der Waals surface area (Å²) >= 11 is 0. The summed E-state index contributed by atoms with van der Waals surface area (Å²) in [6.07, 6.45) is 0. The van der Waals surface area contributed by atoms with Crippen molar-refractivity contribution < 1.29 is 8.42 Å². The lowest BCUT2D eigenvalue weighted by molar-refractivity contribution is 0.598. The molecule has 0 spiro atoms. The molecule has 2 rings (SSSR count). The smallest absolute Gasteiger partial charge is 0.238 e. The minimum atomic E-state index is -3.66. The van der Waals surface area contributed by atoms with E-state index >= 15 is 0 Å². The lowest BCUT2D eigenvalue weighted by atomic mass is 10.1. The molecule has 0 amide bonds. The van der Waals surface area contributed by atoms with Gasteiger partial charge in [-0.1, -0.05) is 30.3 Å². The van der Waals surface area contributed by atoms with E-state index in [1.165, 1.54) is 12.1 Å². The Labute approximate surface area is 118 Å². The molecule has 0 aliphatic rings. The van der Waals surface area contributed by atoms with E-state index in [1.807, 2.05) is 37.3 Å².